The smallest absolute Gasteiger partial charge is 0.340 e. The third-order valence-corrected chi connectivity index (χ3v) is 3.60. The van der Waals surface area contributed by atoms with Crippen LogP contribution in [-0.2, 0) is 15.5 Å². The van der Waals surface area contributed by atoms with E-state index in [2.05, 4.69) is 15.0 Å². The number of rotatable bonds is 6. The Labute approximate surface area is 108 Å². The molecular formula is C11H17N3O3S. The quantitative estimate of drug-likeness (QED) is 0.737. The van der Waals surface area contributed by atoms with Crippen molar-refractivity contribution in [3.63, 3.8) is 0 Å². The summed E-state index contributed by atoms with van der Waals surface area (Å²) >= 11 is 0. The lowest BCUT2D eigenvalue weighted by Crippen LogP contribution is -2.15. The molecule has 7 heteroatoms. The van der Waals surface area contributed by atoms with Gasteiger partial charge in [0.2, 0.25) is 0 Å². The summed E-state index contributed by atoms with van der Waals surface area (Å²) in [6.07, 6.45) is 1.47. The van der Waals surface area contributed by atoms with Gasteiger partial charge in [-0.05, 0) is 6.07 Å². The monoisotopic (exact) mass is 271 g/mol. The Morgan fingerprint density at radius 1 is 1.61 bits per heavy atom. The molecule has 0 amide bonds. The van der Waals surface area contributed by atoms with E-state index in [0.29, 0.717) is 29.3 Å². The molecule has 1 heterocycles. The lowest BCUT2D eigenvalue weighted by molar-refractivity contribution is 0.0602. The van der Waals surface area contributed by atoms with E-state index in [1.54, 1.807) is 0 Å². The number of anilines is 2. The summed E-state index contributed by atoms with van der Waals surface area (Å²) in [7, 11) is 0.453. The van der Waals surface area contributed by atoms with Gasteiger partial charge in [0, 0.05) is 28.9 Å². The fourth-order valence-corrected chi connectivity index (χ4v) is 1.95. The van der Waals surface area contributed by atoms with E-state index >= 15 is 0 Å². The molecule has 0 bridgehead atoms. The minimum atomic E-state index is -0.848. The number of nitrogens with two attached hydrogens (primary N) is 1. The van der Waals surface area contributed by atoms with Crippen LogP contribution in [0.2, 0.25) is 0 Å². The molecule has 0 fully saturated rings. The largest absolute Gasteiger partial charge is 0.465 e. The number of pyridine rings is 1. The zero-order valence-corrected chi connectivity index (χ0v) is 11.3. The molecule has 0 spiro atoms. The molecular weight excluding hydrogens is 254 g/mol. The highest BCUT2D eigenvalue weighted by atomic mass is 32.2. The first-order valence-electron chi connectivity index (χ1n) is 5.51. The number of carbonyl (C=O) groups excluding carboxylic acids is 1. The van der Waals surface area contributed by atoms with Crippen LogP contribution in [-0.4, -0.2) is 40.3 Å². The Morgan fingerprint density at radius 2 is 2.33 bits per heavy atom. The summed E-state index contributed by atoms with van der Waals surface area (Å²) in [6, 6.07) is 1.45. The standard InChI is InChI=1S/C11H17N3O3S/c1-3-18(16)5-4-13-9-7-14-10(12)6-8(9)11(15)17-2/h6-7,13H,3-5H2,1-2H3,(H2,12,14). The number of hydrogen-bond donors (Lipinski definition) is 2. The van der Waals surface area contributed by atoms with Crippen LogP contribution in [0.5, 0.6) is 0 Å². The van der Waals surface area contributed by atoms with Crippen LogP contribution >= 0.6 is 0 Å². The van der Waals surface area contributed by atoms with Crippen LogP contribution in [0, 0.1) is 0 Å². The number of methoxy groups -OCH3 is 1. The maximum Gasteiger partial charge on any atom is 0.340 e. The number of aromatic nitrogens is 1. The Kier molecular flexibility index (Phi) is 5.57. The molecule has 6 nitrogen and oxygen atoms in total. The minimum absolute atomic E-state index is 0.248. The molecule has 0 aliphatic rings. The predicted octanol–water partition coefficient (Wildman–Crippen LogP) is 0.631. The van der Waals surface area contributed by atoms with E-state index in [9.17, 15) is 9.00 Å². The minimum Gasteiger partial charge on any atom is -0.465 e. The van der Waals surface area contributed by atoms with Crippen molar-refractivity contribution in [2.45, 2.75) is 6.92 Å². The number of esters is 1. The van der Waals surface area contributed by atoms with Gasteiger partial charge in [-0.3, -0.25) is 4.21 Å². The van der Waals surface area contributed by atoms with Gasteiger partial charge < -0.3 is 15.8 Å². The third-order valence-electron chi connectivity index (χ3n) is 2.30. The average Bonchev–Trinajstić information content (AvgIpc) is 2.39. The number of hydrogen-bond acceptors (Lipinski definition) is 6. The van der Waals surface area contributed by atoms with Crippen molar-refractivity contribution in [2.75, 3.05) is 36.2 Å². The number of ether oxygens (including phenoxy) is 1. The molecule has 1 atom stereocenters. The summed E-state index contributed by atoms with van der Waals surface area (Å²) in [5.74, 6) is 0.897. The summed E-state index contributed by atoms with van der Waals surface area (Å²) in [5.41, 5.74) is 6.38. The first-order chi connectivity index (χ1) is 8.58. The van der Waals surface area contributed by atoms with Crippen molar-refractivity contribution < 1.29 is 13.7 Å². The molecule has 3 N–H and O–H groups in total. The lowest BCUT2D eigenvalue weighted by Gasteiger charge is -2.10. The third kappa shape index (κ3) is 3.99. The van der Waals surface area contributed by atoms with Crippen molar-refractivity contribution in [3.8, 4) is 0 Å². The highest BCUT2D eigenvalue weighted by molar-refractivity contribution is 7.84. The SMILES string of the molecule is CCS(=O)CCNc1cnc(N)cc1C(=O)OC. The Morgan fingerprint density at radius 3 is 2.94 bits per heavy atom. The molecule has 18 heavy (non-hydrogen) atoms. The van der Waals surface area contributed by atoms with Crippen molar-refractivity contribution in [2.24, 2.45) is 0 Å². The van der Waals surface area contributed by atoms with Gasteiger partial charge in [0.15, 0.2) is 0 Å². The average molecular weight is 271 g/mol. The Bertz CT molecular complexity index is 451. The van der Waals surface area contributed by atoms with Gasteiger partial charge in [0.05, 0.1) is 24.6 Å². The number of nitrogens with zero attached hydrogens (tertiary/aromatic N) is 1. The van der Waals surface area contributed by atoms with Crippen LogP contribution < -0.4 is 11.1 Å². The normalized spacial score (nSPS) is 11.9. The van der Waals surface area contributed by atoms with Gasteiger partial charge in [-0.2, -0.15) is 0 Å². The fourth-order valence-electron chi connectivity index (χ4n) is 1.34. The lowest BCUT2D eigenvalue weighted by atomic mass is 10.2. The number of carbonyl (C=O) groups is 1. The maximum atomic E-state index is 11.5. The van der Waals surface area contributed by atoms with Gasteiger partial charge in [0.25, 0.3) is 0 Å². The van der Waals surface area contributed by atoms with Crippen molar-refractivity contribution in [3.05, 3.63) is 17.8 Å². The molecule has 1 unspecified atom stereocenters. The highest BCUT2D eigenvalue weighted by Gasteiger charge is 2.12. The highest BCUT2D eigenvalue weighted by Crippen LogP contribution is 2.17. The van der Waals surface area contributed by atoms with Crippen molar-refractivity contribution in [1.29, 1.82) is 0 Å². The summed E-state index contributed by atoms with van der Waals surface area (Å²) in [5, 5.41) is 3.01. The van der Waals surface area contributed by atoms with E-state index in [0.717, 1.165) is 0 Å². The topological polar surface area (TPSA) is 94.3 Å². The zero-order chi connectivity index (χ0) is 13.5. The second-order valence-electron chi connectivity index (χ2n) is 3.51. The van der Waals surface area contributed by atoms with Crippen LogP contribution in [0.3, 0.4) is 0 Å². The summed E-state index contributed by atoms with van der Waals surface area (Å²) in [4.78, 5) is 15.4. The second kappa shape index (κ2) is 6.95. The van der Waals surface area contributed by atoms with Crippen LogP contribution in [0.1, 0.15) is 17.3 Å². The van der Waals surface area contributed by atoms with Crippen LogP contribution in [0.4, 0.5) is 11.5 Å². The Hall–Kier alpha value is -1.63. The molecule has 1 aromatic rings. The number of nitrogen functional groups attached to an aromatic ring is 1. The fraction of sp³-hybridized carbons (Fsp3) is 0.455. The van der Waals surface area contributed by atoms with Crippen molar-refractivity contribution in [1.82, 2.24) is 4.98 Å². The maximum absolute atomic E-state index is 11.5. The van der Waals surface area contributed by atoms with Crippen LogP contribution in [0.15, 0.2) is 12.3 Å². The van der Waals surface area contributed by atoms with Gasteiger partial charge >= 0.3 is 5.97 Å². The van der Waals surface area contributed by atoms with E-state index in [1.165, 1.54) is 19.4 Å². The molecule has 0 radical (unpaired) electrons. The van der Waals surface area contributed by atoms with E-state index in [4.69, 9.17) is 5.73 Å². The molecule has 0 aliphatic carbocycles. The zero-order valence-electron chi connectivity index (χ0n) is 10.4. The van der Waals surface area contributed by atoms with E-state index < -0.39 is 16.8 Å². The predicted molar refractivity (Wildman–Crippen MR) is 72.0 cm³/mol. The molecule has 0 aliphatic heterocycles. The van der Waals surface area contributed by atoms with E-state index in [-0.39, 0.29) is 5.82 Å². The first-order valence-corrected chi connectivity index (χ1v) is 7.00. The number of nitrogens with one attached hydrogen (secondary N) is 1. The van der Waals surface area contributed by atoms with Gasteiger partial charge in [-0.15, -0.1) is 0 Å². The van der Waals surface area contributed by atoms with Gasteiger partial charge in [0.1, 0.15) is 5.82 Å². The first kappa shape index (κ1) is 14.4. The Balaban J connectivity index is 2.75. The van der Waals surface area contributed by atoms with Crippen LogP contribution in [0.25, 0.3) is 0 Å². The summed E-state index contributed by atoms with van der Waals surface area (Å²) < 4.78 is 15.9. The molecule has 0 aromatic carbocycles. The molecule has 1 aromatic heterocycles. The summed E-state index contributed by atoms with van der Waals surface area (Å²) in [6.45, 7) is 2.36. The van der Waals surface area contributed by atoms with Gasteiger partial charge in [-0.25, -0.2) is 9.78 Å². The second-order valence-corrected chi connectivity index (χ2v) is 5.37. The molecule has 0 saturated heterocycles. The molecule has 100 valence electrons. The van der Waals surface area contributed by atoms with Crippen molar-refractivity contribution >= 4 is 28.3 Å². The molecule has 1 rings (SSSR count). The van der Waals surface area contributed by atoms with E-state index in [1.807, 2.05) is 6.92 Å². The molecule has 0 saturated carbocycles. The van der Waals surface area contributed by atoms with Gasteiger partial charge in [-0.1, -0.05) is 6.92 Å².